The van der Waals surface area contributed by atoms with Gasteiger partial charge in [-0.05, 0) is 49.0 Å². The molecule has 2 aromatic rings. The molecule has 0 aliphatic carbocycles. The molecule has 3 nitrogen and oxygen atoms in total. The van der Waals surface area contributed by atoms with Crippen LogP contribution < -0.4 is 14.8 Å². The zero-order chi connectivity index (χ0) is 15.1. The first-order valence-electron chi connectivity index (χ1n) is 7.26. The van der Waals surface area contributed by atoms with Crippen LogP contribution in [0.1, 0.15) is 29.8 Å². The van der Waals surface area contributed by atoms with Crippen LogP contribution in [0, 0.1) is 0 Å². The third-order valence-electron chi connectivity index (χ3n) is 3.52. The van der Waals surface area contributed by atoms with Crippen LogP contribution in [-0.4, -0.2) is 20.8 Å². The summed E-state index contributed by atoms with van der Waals surface area (Å²) in [5, 5.41) is 5.69. The Kier molecular flexibility index (Phi) is 6.08. The molecule has 0 bridgehead atoms. The molecule has 1 aromatic carbocycles. The third-order valence-corrected chi connectivity index (χ3v) is 4.46. The largest absolute Gasteiger partial charge is 0.497 e. The van der Waals surface area contributed by atoms with E-state index < -0.39 is 0 Å². The minimum Gasteiger partial charge on any atom is -0.497 e. The van der Waals surface area contributed by atoms with E-state index >= 15 is 0 Å². The molecule has 2 rings (SSSR count). The smallest absolute Gasteiger partial charge is 0.123 e. The lowest BCUT2D eigenvalue weighted by Crippen LogP contribution is -2.22. The van der Waals surface area contributed by atoms with Gasteiger partial charge in [0.15, 0.2) is 0 Å². The number of thiophene rings is 1. The molecule has 0 saturated heterocycles. The van der Waals surface area contributed by atoms with Crippen LogP contribution in [0.5, 0.6) is 11.5 Å². The van der Waals surface area contributed by atoms with Crippen molar-refractivity contribution in [3.63, 3.8) is 0 Å². The fourth-order valence-corrected chi connectivity index (χ4v) is 3.19. The number of hydrogen-bond acceptors (Lipinski definition) is 4. The summed E-state index contributed by atoms with van der Waals surface area (Å²) in [6.07, 6.45) is 2.10. The van der Waals surface area contributed by atoms with Crippen molar-refractivity contribution in [2.24, 2.45) is 0 Å². The van der Waals surface area contributed by atoms with Crippen LogP contribution in [0.2, 0.25) is 0 Å². The highest BCUT2D eigenvalue weighted by molar-refractivity contribution is 7.09. The second-order valence-electron chi connectivity index (χ2n) is 4.84. The van der Waals surface area contributed by atoms with E-state index in [4.69, 9.17) is 9.47 Å². The molecular formula is C17H23NO2S. The van der Waals surface area contributed by atoms with Gasteiger partial charge in [0, 0.05) is 16.5 Å². The summed E-state index contributed by atoms with van der Waals surface area (Å²) in [6, 6.07) is 10.5. The molecule has 1 unspecified atom stereocenters. The van der Waals surface area contributed by atoms with Gasteiger partial charge >= 0.3 is 0 Å². The van der Waals surface area contributed by atoms with Gasteiger partial charge in [-0.2, -0.15) is 0 Å². The first-order valence-corrected chi connectivity index (χ1v) is 8.14. The van der Waals surface area contributed by atoms with Crippen LogP contribution in [0.15, 0.2) is 35.7 Å². The summed E-state index contributed by atoms with van der Waals surface area (Å²) in [4.78, 5) is 1.42. The van der Waals surface area contributed by atoms with Crippen molar-refractivity contribution in [2.75, 3.05) is 20.8 Å². The Balaban J connectivity index is 2.19. The Labute approximate surface area is 130 Å². The molecule has 4 heteroatoms. The Morgan fingerprint density at radius 3 is 2.67 bits per heavy atom. The van der Waals surface area contributed by atoms with Crippen LogP contribution in [0.3, 0.4) is 0 Å². The predicted molar refractivity (Wildman–Crippen MR) is 88.6 cm³/mol. The summed E-state index contributed by atoms with van der Waals surface area (Å²) in [7, 11) is 3.41. The van der Waals surface area contributed by atoms with Crippen molar-refractivity contribution >= 4 is 11.3 Å². The summed E-state index contributed by atoms with van der Waals surface area (Å²) in [5.41, 5.74) is 1.16. The monoisotopic (exact) mass is 305 g/mol. The Morgan fingerprint density at radius 1 is 1.19 bits per heavy atom. The first kappa shape index (κ1) is 15.9. The number of benzene rings is 1. The first-order chi connectivity index (χ1) is 10.3. The molecule has 1 heterocycles. The van der Waals surface area contributed by atoms with Crippen LogP contribution >= 0.6 is 11.3 Å². The molecule has 114 valence electrons. The van der Waals surface area contributed by atoms with Gasteiger partial charge in [-0.25, -0.2) is 0 Å². The van der Waals surface area contributed by atoms with Gasteiger partial charge in [-0.3, -0.25) is 0 Å². The Hall–Kier alpha value is -1.52. The van der Waals surface area contributed by atoms with Gasteiger partial charge < -0.3 is 14.8 Å². The number of nitrogens with one attached hydrogen (secondary N) is 1. The number of rotatable bonds is 8. The molecule has 1 N–H and O–H groups in total. The molecule has 1 aromatic heterocycles. The lowest BCUT2D eigenvalue weighted by atomic mass is 10.00. The fraction of sp³-hybridized carbons (Fsp3) is 0.412. The Morgan fingerprint density at radius 2 is 2.05 bits per heavy atom. The minimum absolute atomic E-state index is 0.266. The van der Waals surface area contributed by atoms with E-state index in [1.54, 1.807) is 14.2 Å². The van der Waals surface area contributed by atoms with Crippen LogP contribution in [0.4, 0.5) is 0 Å². The highest BCUT2D eigenvalue weighted by Gasteiger charge is 2.16. The molecule has 0 saturated carbocycles. The van der Waals surface area contributed by atoms with Crippen molar-refractivity contribution in [2.45, 2.75) is 25.8 Å². The van der Waals surface area contributed by atoms with Gasteiger partial charge in [-0.15, -0.1) is 11.3 Å². The lowest BCUT2D eigenvalue weighted by molar-refractivity contribution is 0.387. The molecule has 0 aliphatic rings. The van der Waals surface area contributed by atoms with Gasteiger partial charge in [0.05, 0.1) is 14.2 Å². The molecule has 21 heavy (non-hydrogen) atoms. The standard InChI is InChI=1S/C17H23NO2S/c1-4-18-16(9-8-14-6-5-11-21-14)15-12-13(19-2)7-10-17(15)20-3/h5-7,10-12,16,18H,4,8-9H2,1-3H3. The average Bonchev–Trinajstić information content (AvgIpc) is 3.04. The van der Waals surface area contributed by atoms with Gasteiger partial charge in [0.25, 0.3) is 0 Å². The minimum atomic E-state index is 0.266. The topological polar surface area (TPSA) is 30.5 Å². The average molecular weight is 305 g/mol. The summed E-state index contributed by atoms with van der Waals surface area (Å²) in [6.45, 7) is 3.06. The molecule has 1 atom stereocenters. The maximum atomic E-state index is 5.52. The van der Waals surface area contributed by atoms with E-state index in [0.29, 0.717) is 0 Å². The van der Waals surface area contributed by atoms with E-state index in [-0.39, 0.29) is 6.04 Å². The summed E-state index contributed by atoms with van der Waals surface area (Å²) >= 11 is 1.81. The quantitative estimate of drug-likeness (QED) is 0.798. The van der Waals surface area contributed by atoms with E-state index in [0.717, 1.165) is 36.4 Å². The molecule has 0 radical (unpaired) electrons. The Bertz CT molecular complexity index is 540. The second kappa shape index (κ2) is 8.05. The summed E-state index contributed by atoms with van der Waals surface area (Å²) in [5.74, 6) is 1.78. The van der Waals surface area contributed by atoms with Gasteiger partial charge in [-0.1, -0.05) is 13.0 Å². The number of methoxy groups -OCH3 is 2. The number of ether oxygens (including phenoxy) is 2. The van der Waals surface area contributed by atoms with Crippen molar-refractivity contribution in [1.82, 2.24) is 5.32 Å². The van der Waals surface area contributed by atoms with E-state index in [2.05, 4.69) is 35.8 Å². The predicted octanol–water partition coefficient (Wildman–Crippen LogP) is 4.05. The molecule has 0 fully saturated rings. The van der Waals surface area contributed by atoms with Crippen molar-refractivity contribution in [3.8, 4) is 11.5 Å². The number of hydrogen-bond donors (Lipinski definition) is 1. The summed E-state index contributed by atoms with van der Waals surface area (Å²) < 4.78 is 10.9. The zero-order valence-corrected chi connectivity index (χ0v) is 13.7. The van der Waals surface area contributed by atoms with Crippen molar-refractivity contribution < 1.29 is 9.47 Å². The highest BCUT2D eigenvalue weighted by Crippen LogP contribution is 2.32. The number of aryl methyl sites for hydroxylation is 1. The molecule has 0 amide bonds. The third kappa shape index (κ3) is 4.22. The fourth-order valence-electron chi connectivity index (χ4n) is 2.47. The molecular weight excluding hydrogens is 282 g/mol. The van der Waals surface area contributed by atoms with Gasteiger partial charge in [0.2, 0.25) is 0 Å². The zero-order valence-electron chi connectivity index (χ0n) is 12.9. The van der Waals surface area contributed by atoms with Crippen molar-refractivity contribution in [1.29, 1.82) is 0 Å². The van der Waals surface area contributed by atoms with Crippen LogP contribution in [0.25, 0.3) is 0 Å². The highest BCUT2D eigenvalue weighted by atomic mass is 32.1. The maximum Gasteiger partial charge on any atom is 0.123 e. The van der Waals surface area contributed by atoms with Gasteiger partial charge in [0.1, 0.15) is 11.5 Å². The molecule has 0 spiro atoms. The second-order valence-corrected chi connectivity index (χ2v) is 5.87. The van der Waals surface area contributed by atoms with Crippen molar-refractivity contribution in [3.05, 3.63) is 46.2 Å². The molecule has 0 aliphatic heterocycles. The van der Waals surface area contributed by atoms with Crippen LogP contribution in [-0.2, 0) is 6.42 Å². The SMILES string of the molecule is CCNC(CCc1cccs1)c1cc(OC)ccc1OC. The van der Waals surface area contributed by atoms with E-state index in [1.165, 1.54) is 4.88 Å². The maximum absolute atomic E-state index is 5.52. The van der Waals surface area contributed by atoms with E-state index in [1.807, 2.05) is 23.5 Å². The normalized spacial score (nSPS) is 12.1. The van der Waals surface area contributed by atoms with E-state index in [9.17, 15) is 0 Å². The lowest BCUT2D eigenvalue weighted by Gasteiger charge is -2.21.